The van der Waals surface area contributed by atoms with E-state index in [1.54, 1.807) is 0 Å². The fourth-order valence-electron chi connectivity index (χ4n) is 1.31. The van der Waals surface area contributed by atoms with Crippen molar-refractivity contribution in [3.63, 3.8) is 0 Å². The Hall–Kier alpha value is 0.310. The first-order valence-corrected chi connectivity index (χ1v) is 5.48. The van der Waals surface area contributed by atoms with Gasteiger partial charge in [0.15, 0.2) is 0 Å². The molecule has 1 saturated heterocycles. The summed E-state index contributed by atoms with van der Waals surface area (Å²) >= 11 is 2.08. The van der Waals surface area contributed by atoms with Crippen LogP contribution in [0.3, 0.4) is 0 Å². The minimum absolute atomic E-state index is 0.474. The molecule has 1 aliphatic heterocycles. The Kier molecular flexibility index (Phi) is 3.26. The van der Waals surface area contributed by atoms with Crippen molar-refractivity contribution in [1.29, 1.82) is 0 Å². The molecule has 1 N–H and O–H groups in total. The van der Waals surface area contributed by atoms with Gasteiger partial charge in [-0.15, -0.1) is 11.8 Å². The lowest BCUT2D eigenvalue weighted by atomic mass is 9.92. The van der Waals surface area contributed by atoms with Crippen LogP contribution in [0.2, 0.25) is 0 Å². The van der Waals surface area contributed by atoms with E-state index in [0.717, 1.165) is 0 Å². The van der Waals surface area contributed by atoms with Gasteiger partial charge in [-0.1, -0.05) is 20.8 Å². The van der Waals surface area contributed by atoms with E-state index in [4.69, 9.17) is 0 Å². The van der Waals surface area contributed by atoms with Gasteiger partial charge < -0.3 is 5.32 Å². The van der Waals surface area contributed by atoms with Crippen LogP contribution in [0, 0.1) is 5.41 Å². The maximum Gasteiger partial charge on any atom is 0.0537 e. The Morgan fingerprint density at radius 3 is 2.64 bits per heavy atom. The molecule has 0 aromatic rings. The number of thioether (sulfide) groups is 1. The first-order chi connectivity index (χ1) is 5.08. The van der Waals surface area contributed by atoms with E-state index in [1.165, 1.54) is 25.1 Å². The van der Waals surface area contributed by atoms with Gasteiger partial charge in [0.1, 0.15) is 0 Å². The third-order valence-corrected chi connectivity index (χ3v) is 3.07. The fourth-order valence-corrected chi connectivity index (χ4v) is 2.76. The van der Waals surface area contributed by atoms with E-state index >= 15 is 0 Å². The maximum atomic E-state index is 3.54. The lowest BCUT2D eigenvalue weighted by Crippen LogP contribution is -2.34. The molecule has 1 nitrogen and oxygen atoms in total. The molecule has 0 aromatic carbocycles. The van der Waals surface area contributed by atoms with Crippen LogP contribution in [-0.4, -0.2) is 17.7 Å². The van der Waals surface area contributed by atoms with Crippen molar-refractivity contribution in [2.45, 2.75) is 39.0 Å². The molecule has 0 radical (unpaired) electrons. The van der Waals surface area contributed by atoms with Crippen molar-refractivity contribution < 1.29 is 0 Å². The zero-order chi connectivity index (χ0) is 8.32. The van der Waals surface area contributed by atoms with Crippen LogP contribution in [0.15, 0.2) is 0 Å². The number of nitrogens with one attached hydrogen (secondary N) is 1. The molecule has 66 valence electrons. The monoisotopic (exact) mass is 173 g/mol. The second-order valence-electron chi connectivity index (χ2n) is 4.43. The Balaban J connectivity index is 2.24. The van der Waals surface area contributed by atoms with Crippen LogP contribution in [0.25, 0.3) is 0 Å². The quantitative estimate of drug-likeness (QED) is 0.654. The van der Waals surface area contributed by atoms with Gasteiger partial charge in [-0.3, -0.25) is 0 Å². The molecule has 0 bridgehead atoms. The van der Waals surface area contributed by atoms with E-state index < -0.39 is 0 Å². The highest BCUT2D eigenvalue weighted by Crippen LogP contribution is 2.27. The smallest absolute Gasteiger partial charge is 0.0537 e. The third-order valence-electron chi connectivity index (χ3n) is 1.81. The molecule has 0 amide bonds. The van der Waals surface area contributed by atoms with Crippen LogP contribution < -0.4 is 5.32 Å². The van der Waals surface area contributed by atoms with Crippen LogP contribution in [0.1, 0.15) is 33.6 Å². The highest BCUT2D eigenvalue weighted by atomic mass is 32.2. The Labute approximate surface area is 74.3 Å². The van der Waals surface area contributed by atoms with Gasteiger partial charge in [0.05, 0.1) is 5.37 Å². The van der Waals surface area contributed by atoms with Crippen molar-refractivity contribution in [3.05, 3.63) is 0 Å². The predicted octanol–water partition coefficient (Wildman–Crippen LogP) is 2.48. The van der Waals surface area contributed by atoms with Gasteiger partial charge in [0.25, 0.3) is 0 Å². The number of rotatable bonds is 1. The minimum Gasteiger partial charge on any atom is -0.305 e. The largest absolute Gasteiger partial charge is 0.305 e. The van der Waals surface area contributed by atoms with Crippen molar-refractivity contribution in [2.24, 2.45) is 5.41 Å². The van der Waals surface area contributed by atoms with Crippen molar-refractivity contribution >= 4 is 11.8 Å². The van der Waals surface area contributed by atoms with E-state index in [-0.39, 0.29) is 0 Å². The summed E-state index contributed by atoms with van der Waals surface area (Å²) in [5, 5.41) is 4.25. The van der Waals surface area contributed by atoms with Crippen LogP contribution in [0.5, 0.6) is 0 Å². The van der Waals surface area contributed by atoms with Crippen LogP contribution >= 0.6 is 11.8 Å². The Bertz CT molecular complexity index is 111. The topological polar surface area (TPSA) is 12.0 Å². The molecule has 1 aliphatic rings. The second-order valence-corrected chi connectivity index (χ2v) is 5.74. The average molecular weight is 173 g/mol. The van der Waals surface area contributed by atoms with Gasteiger partial charge in [0.2, 0.25) is 0 Å². The summed E-state index contributed by atoms with van der Waals surface area (Å²) in [6.07, 6.45) is 2.63. The molecule has 1 rings (SSSR count). The molecule has 0 saturated carbocycles. The van der Waals surface area contributed by atoms with E-state index in [1.807, 2.05) is 0 Å². The van der Waals surface area contributed by atoms with Crippen LogP contribution in [0.4, 0.5) is 0 Å². The summed E-state index contributed by atoms with van der Waals surface area (Å²) in [5.74, 6) is 1.34. The zero-order valence-corrected chi connectivity index (χ0v) is 8.63. The summed E-state index contributed by atoms with van der Waals surface area (Å²) in [5.41, 5.74) is 0.474. The molecule has 0 aromatic heterocycles. The standard InChI is InChI=1S/C9H19NS/c1-9(2,3)7-8-10-5-4-6-11-8/h8,10H,4-7H2,1-3H3. The molecule has 1 heterocycles. The fraction of sp³-hybridized carbons (Fsp3) is 1.00. The number of hydrogen-bond donors (Lipinski definition) is 1. The SMILES string of the molecule is CC(C)(C)CC1NCCCS1. The number of hydrogen-bond acceptors (Lipinski definition) is 2. The molecular formula is C9H19NS. The van der Waals surface area contributed by atoms with Crippen molar-refractivity contribution in [1.82, 2.24) is 5.32 Å². The van der Waals surface area contributed by atoms with Gasteiger partial charge in [-0.2, -0.15) is 0 Å². The molecule has 2 heteroatoms. The molecule has 11 heavy (non-hydrogen) atoms. The normalized spacial score (nSPS) is 27.0. The molecule has 1 fully saturated rings. The van der Waals surface area contributed by atoms with Gasteiger partial charge in [-0.05, 0) is 30.6 Å². The predicted molar refractivity (Wildman–Crippen MR) is 52.9 cm³/mol. The van der Waals surface area contributed by atoms with Gasteiger partial charge >= 0.3 is 0 Å². The van der Waals surface area contributed by atoms with E-state index in [2.05, 4.69) is 37.8 Å². The lowest BCUT2D eigenvalue weighted by Gasteiger charge is -2.29. The first kappa shape index (κ1) is 9.40. The van der Waals surface area contributed by atoms with E-state index in [9.17, 15) is 0 Å². The van der Waals surface area contributed by atoms with Crippen LogP contribution in [-0.2, 0) is 0 Å². The third kappa shape index (κ3) is 4.02. The first-order valence-electron chi connectivity index (χ1n) is 4.43. The summed E-state index contributed by atoms with van der Waals surface area (Å²) < 4.78 is 0. The highest BCUT2D eigenvalue weighted by molar-refractivity contribution is 7.99. The summed E-state index contributed by atoms with van der Waals surface area (Å²) in [6, 6.07) is 0. The summed E-state index contributed by atoms with van der Waals surface area (Å²) in [7, 11) is 0. The highest BCUT2D eigenvalue weighted by Gasteiger charge is 2.20. The molecule has 0 aliphatic carbocycles. The second kappa shape index (κ2) is 3.81. The summed E-state index contributed by atoms with van der Waals surface area (Å²) in [4.78, 5) is 0. The van der Waals surface area contributed by atoms with E-state index in [0.29, 0.717) is 10.8 Å². The Morgan fingerprint density at radius 2 is 2.18 bits per heavy atom. The van der Waals surface area contributed by atoms with Crippen molar-refractivity contribution in [2.75, 3.05) is 12.3 Å². The molecular weight excluding hydrogens is 154 g/mol. The summed E-state index contributed by atoms with van der Waals surface area (Å²) in [6.45, 7) is 8.14. The molecule has 1 unspecified atom stereocenters. The zero-order valence-electron chi connectivity index (χ0n) is 7.81. The minimum atomic E-state index is 0.474. The van der Waals surface area contributed by atoms with Crippen molar-refractivity contribution in [3.8, 4) is 0 Å². The maximum absolute atomic E-state index is 3.54. The lowest BCUT2D eigenvalue weighted by molar-refractivity contribution is 0.351. The molecule has 0 spiro atoms. The average Bonchev–Trinajstić information content (AvgIpc) is 1.85. The molecule has 1 atom stereocenters. The van der Waals surface area contributed by atoms with Gasteiger partial charge in [-0.25, -0.2) is 0 Å². The Morgan fingerprint density at radius 1 is 1.45 bits per heavy atom. The van der Waals surface area contributed by atoms with Gasteiger partial charge in [0, 0.05) is 0 Å².